The van der Waals surface area contributed by atoms with Gasteiger partial charge in [0.1, 0.15) is 29.0 Å². The summed E-state index contributed by atoms with van der Waals surface area (Å²) in [6.07, 6.45) is -0.348. The van der Waals surface area contributed by atoms with E-state index in [1.54, 1.807) is 93.3 Å². The Hall–Kier alpha value is -5.38. The molecule has 1 aliphatic rings. The number of nitrogens with zero attached hydrogens (tertiary/aromatic N) is 1. The molecule has 0 bridgehead atoms. The molecule has 0 spiro atoms. The molecule has 2 nitrogen and oxygen atoms in total. The van der Waals surface area contributed by atoms with Crippen LogP contribution in [-0.4, -0.2) is 22.3 Å². The first-order valence-electron chi connectivity index (χ1n) is 17.2. The van der Waals surface area contributed by atoms with Crippen LogP contribution in [0, 0.1) is 70.0 Å². The second kappa shape index (κ2) is 15.8. The van der Waals surface area contributed by atoms with Crippen LogP contribution in [0.15, 0.2) is 90.8 Å². The smallest absolute Gasteiger partial charge is 0.255 e. The van der Waals surface area contributed by atoms with Crippen LogP contribution in [0.25, 0.3) is 6.08 Å². The molecule has 55 heavy (non-hydrogen) atoms. The molecule has 1 fully saturated rings. The average molecular weight is 771 g/mol. The summed E-state index contributed by atoms with van der Waals surface area (Å²) < 4.78 is 161. The molecule has 0 N–H and O–H groups in total. The van der Waals surface area contributed by atoms with E-state index in [0.29, 0.717) is 36.4 Å². The van der Waals surface area contributed by atoms with Crippen LogP contribution in [0.3, 0.4) is 0 Å². The Balaban J connectivity index is 1.99. The SMILES string of the molecule is C=C(C#Cc1ccccc1)O[B-](/C=C(/C/C=C/c1ccccc1)N1C(C)(C)CCCC1(C)C)(c1c(F)c(F)c(F)c(F)c1F)c1c(F)c(F)c(F)c(F)c1F. The minimum Gasteiger partial charge on any atom is -0.697 e. The van der Waals surface area contributed by atoms with Gasteiger partial charge in [0.05, 0.1) is 0 Å². The van der Waals surface area contributed by atoms with Crippen molar-refractivity contribution in [3.63, 3.8) is 0 Å². The summed E-state index contributed by atoms with van der Waals surface area (Å²) in [7, 11) is 0. The van der Waals surface area contributed by atoms with Gasteiger partial charge in [0.15, 0.2) is 34.9 Å². The highest BCUT2D eigenvalue weighted by atomic mass is 19.2. The third-order valence-corrected chi connectivity index (χ3v) is 9.73. The van der Waals surface area contributed by atoms with E-state index in [9.17, 15) is 8.78 Å². The zero-order valence-electron chi connectivity index (χ0n) is 30.3. The number of hydrogen-bond acceptors (Lipinski definition) is 2. The molecule has 1 saturated heterocycles. The third kappa shape index (κ3) is 7.91. The van der Waals surface area contributed by atoms with E-state index in [0.717, 1.165) is 0 Å². The maximum absolute atomic E-state index is 16.3. The Bertz CT molecular complexity index is 2100. The summed E-state index contributed by atoms with van der Waals surface area (Å²) in [6, 6.07) is 16.6. The van der Waals surface area contributed by atoms with Gasteiger partial charge in [-0.15, -0.1) is 0 Å². The predicted octanol–water partition coefficient (Wildman–Crippen LogP) is 10.3. The molecule has 13 heteroatoms. The van der Waals surface area contributed by atoms with Crippen molar-refractivity contribution in [2.75, 3.05) is 0 Å². The van der Waals surface area contributed by atoms with E-state index in [1.807, 2.05) is 0 Å². The summed E-state index contributed by atoms with van der Waals surface area (Å²) in [6.45, 7) is 10.7. The maximum Gasteiger partial charge on any atom is 0.255 e. The van der Waals surface area contributed by atoms with Crippen molar-refractivity contribution in [3.8, 4) is 11.8 Å². The van der Waals surface area contributed by atoms with Crippen molar-refractivity contribution in [2.24, 2.45) is 0 Å². The molecule has 0 atom stereocenters. The lowest BCUT2D eigenvalue weighted by Gasteiger charge is -2.57. The minimum absolute atomic E-state index is 0.0708. The van der Waals surface area contributed by atoms with Crippen LogP contribution >= 0.6 is 0 Å². The first-order valence-corrected chi connectivity index (χ1v) is 17.2. The Morgan fingerprint density at radius 2 is 1.09 bits per heavy atom. The number of halogens is 10. The molecule has 0 radical (unpaired) electrons. The zero-order chi connectivity index (χ0) is 40.5. The van der Waals surface area contributed by atoms with Gasteiger partial charge in [-0.1, -0.05) is 84.1 Å². The van der Waals surface area contributed by atoms with Crippen molar-refractivity contribution < 1.29 is 48.6 Å². The van der Waals surface area contributed by atoms with Gasteiger partial charge in [0, 0.05) is 23.1 Å². The Labute approximate surface area is 312 Å². The average Bonchev–Trinajstić information content (AvgIpc) is 3.14. The lowest BCUT2D eigenvalue weighted by atomic mass is 9.30. The maximum atomic E-state index is 16.3. The van der Waals surface area contributed by atoms with E-state index in [-0.39, 0.29) is 12.1 Å². The summed E-state index contributed by atoms with van der Waals surface area (Å²) in [5, 5.41) is 0. The fraction of sp³-hybridized carbons (Fsp3) is 0.238. The first-order chi connectivity index (χ1) is 25.8. The third-order valence-electron chi connectivity index (χ3n) is 9.73. The number of allylic oxidation sites excluding steroid dienone is 2. The Kier molecular flexibility index (Phi) is 11.7. The van der Waals surface area contributed by atoms with Crippen LogP contribution in [0.1, 0.15) is 64.5 Å². The molecule has 0 aliphatic carbocycles. The van der Waals surface area contributed by atoms with Gasteiger partial charge in [-0.3, -0.25) is 0 Å². The van der Waals surface area contributed by atoms with Crippen LogP contribution in [0.2, 0.25) is 0 Å². The van der Waals surface area contributed by atoms with Crippen molar-refractivity contribution in [3.05, 3.63) is 160 Å². The summed E-state index contributed by atoms with van der Waals surface area (Å²) in [5.74, 6) is -21.3. The lowest BCUT2D eigenvalue weighted by molar-refractivity contribution is 0.00436. The minimum atomic E-state index is -4.92. The van der Waals surface area contributed by atoms with Gasteiger partial charge >= 0.3 is 0 Å². The quantitative estimate of drug-likeness (QED) is 0.0420. The molecule has 0 saturated carbocycles. The van der Waals surface area contributed by atoms with Crippen molar-refractivity contribution in [1.29, 1.82) is 0 Å². The summed E-state index contributed by atoms with van der Waals surface area (Å²) in [5.41, 5.74) is -4.86. The molecular weight excluding hydrogens is 735 g/mol. The number of piperidine rings is 1. The summed E-state index contributed by atoms with van der Waals surface area (Å²) >= 11 is 0. The highest BCUT2D eigenvalue weighted by molar-refractivity contribution is 7.01. The predicted molar refractivity (Wildman–Crippen MR) is 193 cm³/mol. The van der Waals surface area contributed by atoms with Gasteiger partial charge < -0.3 is 9.55 Å². The fourth-order valence-corrected chi connectivity index (χ4v) is 7.54. The number of hydrogen-bond donors (Lipinski definition) is 0. The molecule has 1 aliphatic heterocycles. The van der Waals surface area contributed by atoms with Gasteiger partial charge in [-0.2, -0.15) is 5.98 Å². The molecular formula is C42H35BF10NO-. The highest BCUT2D eigenvalue weighted by Gasteiger charge is 2.47. The lowest BCUT2D eigenvalue weighted by Crippen LogP contribution is -2.66. The molecule has 0 aromatic heterocycles. The Morgan fingerprint density at radius 3 is 1.55 bits per heavy atom. The molecule has 0 unspecified atom stereocenters. The summed E-state index contributed by atoms with van der Waals surface area (Å²) in [4.78, 5) is 1.73. The largest absolute Gasteiger partial charge is 0.697 e. The van der Waals surface area contributed by atoms with Crippen molar-refractivity contribution in [1.82, 2.24) is 4.90 Å². The number of rotatable bonds is 9. The molecule has 5 rings (SSSR count). The zero-order valence-corrected chi connectivity index (χ0v) is 30.3. The van der Waals surface area contributed by atoms with Crippen LogP contribution in [-0.2, 0) is 4.65 Å². The second-order valence-corrected chi connectivity index (χ2v) is 14.5. The van der Waals surface area contributed by atoms with Gasteiger partial charge in [-0.05, 0) is 76.3 Å². The monoisotopic (exact) mass is 770 g/mol. The van der Waals surface area contributed by atoms with Gasteiger partial charge in [0.25, 0.3) is 6.35 Å². The topological polar surface area (TPSA) is 12.5 Å². The second-order valence-electron chi connectivity index (χ2n) is 14.5. The van der Waals surface area contributed by atoms with E-state index in [2.05, 4.69) is 18.4 Å². The van der Waals surface area contributed by atoms with Crippen molar-refractivity contribution >= 4 is 23.4 Å². The van der Waals surface area contributed by atoms with E-state index in [4.69, 9.17) is 4.65 Å². The van der Waals surface area contributed by atoms with Crippen LogP contribution in [0.4, 0.5) is 43.9 Å². The molecule has 4 aromatic rings. The number of benzene rings is 4. The van der Waals surface area contributed by atoms with Crippen LogP contribution < -0.4 is 10.9 Å². The van der Waals surface area contributed by atoms with Gasteiger partial charge in [0.2, 0.25) is 0 Å². The first kappa shape index (κ1) is 40.8. The molecule has 4 aromatic carbocycles. The van der Waals surface area contributed by atoms with E-state index < -0.39 is 92.3 Å². The molecule has 288 valence electrons. The normalized spacial score (nSPS) is 15.5. The molecule has 0 amide bonds. The van der Waals surface area contributed by atoms with E-state index >= 15 is 35.1 Å². The van der Waals surface area contributed by atoms with Crippen molar-refractivity contribution in [2.45, 2.75) is 64.5 Å². The molecule has 1 heterocycles. The number of likely N-dealkylation sites (tertiary alicyclic amines) is 1. The fourth-order valence-electron chi connectivity index (χ4n) is 7.54. The van der Waals surface area contributed by atoms with Crippen LogP contribution in [0.5, 0.6) is 0 Å². The Morgan fingerprint density at radius 1 is 0.673 bits per heavy atom. The van der Waals surface area contributed by atoms with Gasteiger partial charge in [-0.25, -0.2) is 43.9 Å². The van der Waals surface area contributed by atoms with E-state index in [1.165, 1.54) is 12.1 Å². The highest BCUT2D eigenvalue weighted by Crippen LogP contribution is 2.43. The standard InChI is InChI=1S/C42H35BF10NO/c1-25(20-21-27-16-10-7-11-17-27)55-43(29-31(44)35(48)39(52)36(49)32(29)45,30-33(46)37(50)40(53)38(51)34(30)47)24-28(19-12-18-26-14-8-6-9-15-26)54-41(2,3)22-13-23-42(54,4)5/h6-12,14-18,24H,1,13,19,22-23H2,2-5H3/q-1/b18-12+,28-24-.